The Kier molecular flexibility index (Phi) is 10.0. The zero-order chi connectivity index (χ0) is 20.7. The summed E-state index contributed by atoms with van der Waals surface area (Å²) in [5.41, 5.74) is 0. The second-order valence-electron chi connectivity index (χ2n) is 8.70. The van der Waals surface area contributed by atoms with Gasteiger partial charge < -0.3 is 0 Å². The van der Waals surface area contributed by atoms with Crippen molar-refractivity contribution >= 4 is 73.0 Å². The molecule has 0 saturated heterocycles. The van der Waals surface area contributed by atoms with E-state index in [1.165, 1.54) is 96.7 Å². The average molecular weight is 577 g/mol. The number of fused-ring (bicyclic) bond motifs is 3. The SMILES string of the molecule is CCCCCCCC[Si]1(CCCCCCCC)c2cc(Br)sc2-c2sc(Br)cc21. The van der Waals surface area contributed by atoms with Gasteiger partial charge >= 0.3 is 0 Å². The highest BCUT2D eigenvalue weighted by Gasteiger charge is 2.47. The summed E-state index contributed by atoms with van der Waals surface area (Å²) in [4.78, 5) is 3.21. The van der Waals surface area contributed by atoms with E-state index in [4.69, 9.17) is 0 Å². The molecule has 0 spiro atoms. The molecule has 0 saturated carbocycles. The van der Waals surface area contributed by atoms with Crippen molar-refractivity contribution in [1.29, 1.82) is 0 Å². The minimum absolute atomic E-state index is 1.33. The van der Waals surface area contributed by atoms with Crippen molar-refractivity contribution in [2.45, 2.75) is 103 Å². The number of halogens is 2. The second-order valence-corrected chi connectivity index (χ2v) is 17.8. The lowest BCUT2D eigenvalue weighted by molar-refractivity contribution is 0.616. The molecule has 0 radical (unpaired) electrons. The Morgan fingerprint density at radius 1 is 0.621 bits per heavy atom. The summed E-state index contributed by atoms with van der Waals surface area (Å²) < 4.78 is 2.67. The number of hydrogen-bond donors (Lipinski definition) is 0. The van der Waals surface area contributed by atoms with E-state index < -0.39 is 8.07 Å². The van der Waals surface area contributed by atoms with Gasteiger partial charge in [-0.15, -0.1) is 22.7 Å². The molecule has 3 rings (SSSR count). The molecule has 2 aromatic heterocycles. The summed E-state index contributed by atoms with van der Waals surface area (Å²) in [5.74, 6) is 0. The van der Waals surface area contributed by atoms with Gasteiger partial charge in [-0.2, -0.15) is 0 Å². The van der Waals surface area contributed by atoms with Gasteiger partial charge in [0.1, 0.15) is 8.07 Å². The van der Waals surface area contributed by atoms with Gasteiger partial charge in [0.05, 0.1) is 7.57 Å². The Labute approximate surface area is 204 Å². The van der Waals surface area contributed by atoms with E-state index in [1.54, 1.807) is 20.1 Å². The van der Waals surface area contributed by atoms with E-state index in [2.05, 4.69) is 57.8 Å². The third kappa shape index (κ3) is 5.88. The fraction of sp³-hybridized carbons (Fsp3) is 0.667. The summed E-state index contributed by atoms with van der Waals surface area (Å²) in [6, 6.07) is 7.95. The quantitative estimate of drug-likeness (QED) is 0.155. The first-order valence-electron chi connectivity index (χ1n) is 11.7. The highest BCUT2D eigenvalue weighted by atomic mass is 79.9. The van der Waals surface area contributed by atoms with Crippen LogP contribution in [0.3, 0.4) is 0 Å². The smallest absolute Gasteiger partial charge is 0.122 e. The van der Waals surface area contributed by atoms with E-state index in [0.717, 1.165) is 0 Å². The Balaban J connectivity index is 1.75. The van der Waals surface area contributed by atoms with Crippen molar-refractivity contribution in [3.63, 3.8) is 0 Å². The molecule has 0 aromatic carbocycles. The van der Waals surface area contributed by atoms with Crippen molar-refractivity contribution in [3.05, 3.63) is 19.7 Å². The summed E-state index contributed by atoms with van der Waals surface area (Å²) in [5, 5.41) is 3.54. The van der Waals surface area contributed by atoms with Gasteiger partial charge in [-0.25, -0.2) is 0 Å². The Hall–Kier alpha value is 0.577. The summed E-state index contributed by atoms with van der Waals surface area (Å²) in [6.07, 6.45) is 16.9. The van der Waals surface area contributed by atoms with Crippen LogP contribution in [0.25, 0.3) is 9.75 Å². The molecule has 3 heterocycles. The Bertz CT molecular complexity index is 701. The molecule has 0 fully saturated rings. The molecule has 0 N–H and O–H groups in total. The zero-order valence-electron chi connectivity index (χ0n) is 18.1. The van der Waals surface area contributed by atoms with Crippen molar-refractivity contribution in [3.8, 4) is 9.75 Å². The first kappa shape index (κ1) is 24.2. The number of rotatable bonds is 14. The summed E-state index contributed by atoms with van der Waals surface area (Å²) in [7, 11) is -1.61. The molecule has 162 valence electrons. The molecule has 2 aromatic rings. The normalized spacial score (nSPS) is 14.3. The van der Waals surface area contributed by atoms with Crippen molar-refractivity contribution in [2.24, 2.45) is 0 Å². The fourth-order valence-corrected chi connectivity index (χ4v) is 15.7. The van der Waals surface area contributed by atoms with Gasteiger partial charge in [0.15, 0.2) is 0 Å². The van der Waals surface area contributed by atoms with Crippen LogP contribution in [0.1, 0.15) is 90.9 Å². The van der Waals surface area contributed by atoms with Crippen molar-refractivity contribution in [1.82, 2.24) is 0 Å². The van der Waals surface area contributed by atoms with Crippen LogP contribution >= 0.6 is 54.5 Å². The van der Waals surface area contributed by atoms with Gasteiger partial charge in [-0.3, -0.25) is 0 Å². The molecule has 0 nitrogen and oxygen atoms in total. The van der Waals surface area contributed by atoms with Crippen LogP contribution in [0, 0.1) is 0 Å². The minimum Gasteiger partial charge on any atom is -0.127 e. The third-order valence-corrected chi connectivity index (χ3v) is 15.6. The van der Waals surface area contributed by atoms with Crippen LogP contribution in [-0.2, 0) is 0 Å². The van der Waals surface area contributed by atoms with Crippen LogP contribution in [0.2, 0.25) is 12.1 Å². The Morgan fingerprint density at radius 3 is 1.41 bits per heavy atom. The van der Waals surface area contributed by atoms with E-state index in [1.807, 2.05) is 22.7 Å². The summed E-state index contributed by atoms with van der Waals surface area (Å²) >= 11 is 11.6. The maximum absolute atomic E-state index is 3.82. The van der Waals surface area contributed by atoms with Gasteiger partial charge in [0, 0.05) is 9.75 Å². The van der Waals surface area contributed by atoms with Crippen LogP contribution < -0.4 is 10.4 Å². The van der Waals surface area contributed by atoms with Crippen molar-refractivity contribution < 1.29 is 0 Å². The highest BCUT2D eigenvalue weighted by Crippen LogP contribution is 2.45. The molecule has 0 atom stereocenters. The lowest BCUT2D eigenvalue weighted by Crippen LogP contribution is -2.54. The molecule has 0 unspecified atom stereocenters. The molecule has 5 heteroatoms. The van der Waals surface area contributed by atoms with Crippen LogP contribution in [-0.4, -0.2) is 8.07 Å². The largest absolute Gasteiger partial charge is 0.127 e. The molecular weight excluding hydrogens is 540 g/mol. The number of unbranched alkanes of at least 4 members (excludes halogenated alkanes) is 10. The Morgan fingerprint density at radius 2 is 1.00 bits per heavy atom. The molecule has 1 aliphatic heterocycles. The lowest BCUT2D eigenvalue weighted by atomic mass is 10.1. The van der Waals surface area contributed by atoms with Gasteiger partial charge in [-0.1, -0.05) is 90.9 Å². The van der Waals surface area contributed by atoms with E-state index in [-0.39, 0.29) is 0 Å². The van der Waals surface area contributed by atoms with Crippen molar-refractivity contribution in [2.75, 3.05) is 0 Å². The van der Waals surface area contributed by atoms with Gasteiger partial charge in [0.2, 0.25) is 0 Å². The molecule has 0 bridgehead atoms. The fourth-order valence-electron chi connectivity index (χ4n) is 4.99. The van der Waals surface area contributed by atoms with Gasteiger partial charge in [-0.05, 0) is 66.5 Å². The van der Waals surface area contributed by atoms with Crippen LogP contribution in [0.5, 0.6) is 0 Å². The number of hydrogen-bond acceptors (Lipinski definition) is 2. The van der Waals surface area contributed by atoms with Crippen LogP contribution in [0.4, 0.5) is 0 Å². The summed E-state index contributed by atoms with van der Waals surface area (Å²) in [6.45, 7) is 4.62. The maximum atomic E-state index is 3.82. The average Bonchev–Trinajstić information content (AvgIpc) is 3.33. The monoisotopic (exact) mass is 574 g/mol. The number of thiophene rings is 2. The predicted molar refractivity (Wildman–Crippen MR) is 144 cm³/mol. The second kappa shape index (κ2) is 12.0. The molecule has 29 heavy (non-hydrogen) atoms. The predicted octanol–water partition coefficient (Wildman–Crippen LogP) is 9.60. The van der Waals surface area contributed by atoms with E-state index >= 15 is 0 Å². The zero-order valence-corrected chi connectivity index (χ0v) is 23.9. The highest BCUT2D eigenvalue weighted by molar-refractivity contribution is 9.11. The van der Waals surface area contributed by atoms with Gasteiger partial charge in [0.25, 0.3) is 0 Å². The first-order valence-corrected chi connectivity index (χ1v) is 17.4. The topological polar surface area (TPSA) is 0 Å². The van der Waals surface area contributed by atoms with E-state index in [9.17, 15) is 0 Å². The molecule has 0 aliphatic carbocycles. The molecule has 0 amide bonds. The molecular formula is C24H36Br2S2Si. The standard InChI is InChI=1S/C24H36Br2S2Si/c1-3-5-7-9-11-13-15-29(16-14-12-10-8-6-4-2)19-17-21(25)27-23(19)24-20(29)18-22(26)28-24/h17-18H,3-16H2,1-2H3. The first-order chi connectivity index (χ1) is 14.1. The minimum atomic E-state index is -1.61. The van der Waals surface area contributed by atoms with E-state index in [0.29, 0.717) is 0 Å². The third-order valence-electron chi connectivity index (χ3n) is 6.56. The lowest BCUT2D eigenvalue weighted by Gasteiger charge is -2.29. The molecule has 1 aliphatic rings. The van der Waals surface area contributed by atoms with Crippen LogP contribution in [0.15, 0.2) is 19.7 Å². The maximum Gasteiger partial charge on any atom is 0.122 e.